The molecule has 2 heterocycles. The zero-order valence-electron chi connectivity index (χ0n) is 12.5. The summed E-state index contributed by atoms with van der Waals surface area (Å²) in [6, 6.07) is 4.42. The van der Waals surface area contributed by atoms with E-state index in [1.165, 1.54) is 18.9 Å². The van der Waals surface area contributed by atoms with Gasteiger partial charge in [-0.3, -0.25) is 14.2 Å². The van der Waals surface area contributed by atoms with Crippen molar-refractivity contribution < 1.29 is 14.3 Å². The molecule has 122 valence electrons. The summed E-state index contributed by atoms with van der Waals surface area (Å²) >= 11 is 2.95. The predicted octanol–water partition coefficient (Wildman–Crippen LogP) is 1.72. The number of aromatic nitrogens is 3. The molecular weight excluding hydrogens is 336 g/mol. The van der Waals surface area contributed by atoms with Crippen LogP contribution in [-0.2, 0) is 14.3 Å². The second kappa shape index (κ2) is 7.14. The largest absolute Gasteiger partial charge is 0.468 e. The number of thioether (sulfide) groups is 1. The second-order valence-electron chi connectivity index (χ2n) is 5.03. The first-order valence-corrected chi connectivity index (χ1v) is 9.00. The maximum atomic E-state index is 11.8. The first-order chi connectivity index (χ1) is 11.2. The number of ether oxygens (including phenoxy) is 1. The molecule has 0 unspecified atom stereocenters. The van der Waals surface area contributed by atoms with Gasteiger partial charge in [0, 0.05) is 6.04 Å². The molecule has 9 heteroatoms. The Morgan fingerprint density at radius 3 is 2.96 bits per heavy atom. The fourth-order valence-corrected chi connectivity index (χ4v) is 3.58. The quantitative estimate of drug-likeness (QED) is 0.603. The zero-order valence-corrected chi connectivity index (χ0v) is 14.2. The molecule has 0 aromatic carbocycles. The summed E-state index contributed by atoms with van der Waals surface area (Å²) < 4.78 is 6.60. The number of amides is 1. The van der Waals surface area contributed by atoms with Crippen molar-refractivity contribution in [2.45, 2.75) is 24.0 Å². The van der Waals surface area contributed by atoms with Crippen LogP contribution in [0.2, 0.25) is 0 Å². The molecule has 3 rings (SSSR count). The number of methoxy groups -OCH3 is 1. The van der Waals surface area contributed by atoms with Crippen LogP contribution in [0.3, 0.4) is 0 Å². The van der Waals surface area contributed by atoms with Gasteiger partial charge in [-0.25, -0.2) is 0 Å². The average Bonchev–Trinajstić information content (AvgIpc) is 3.09. The number of thiophene rings is 1. The summed E-state index contributed by atoms with van der Waals surface area (Å²) in [4.78, 5) is 23.9. The van der Waals surface area contributed by atoms with E-state index in [0.717, 1.165) is 28.7 Å². The van der Waals surface area contributed by atoms with E-state index in [-0.39, 0.29) is 18.2 Å². The van der Waals surface area contributed by atoms with Gasteiger partial charge in [0.05, 0.1) is 17.7 Å². The van der Waals surface area contributed by atoms with Crippen LogP contribution < -0.4 is 5.32 Å². The van der Waals surface area contributed by atoms with Crippen molar-refractivity contribution in [3.05, 3.63) is 17.5 Å². The molecule has 2 aromatic rings. The summed E-state index contributed by atoms with van der Waals surface area (Å²) in [7, 11) is 1.29. The normalized spacial score (nSPS) is 13.8. The van der Waals surface area contributed by atoms with Gasteiger partial charge < -0.3 is 10.1 Å². The Morgan fingerprint density at radius 2 is 2.30 bits per heavy atom. The fourth-order valence-electron chi connectivity index (χ4n) is 2.04. The first kappa shape index (κ1) is 16.0. The number of carbonyl (C=O) groups excluding carboxylic acids is 2. The average molecular weight is 352 g/mol. The Kier molecular flexibility index (Phi) is 4.97. The van der Waals surface area contributed by atoms with E-state index in [1.54, 1.807) is 11.3 Å². The van der Waals surface area contributed by atoms with Crippen molar-refractivity contribution in [1.82, 2.24) is 20.1 Å². The minimum absolute atomic E-state index is 0.119. The highest BCUT2D eigenvalue weighted by Crippen LogP contribution is 2.41. The van der Waals surface area contributed by atoms with E-state index >= 15 is 0 Å². The Hall–Kier alpha value is -1.87. The van der Waals surface area contributed by atoms with Crippen LogP contribution in [0.4, 0.5) is 0 Å². The number of carbonyl (C=O) groups is 2. The Balaban J connectivity index is 1.64. The summed E-state index contributed by atoms with van der Waals surface area (Å²) in [5, 5.41) is 13.8. The van der Waals surface area contributed by atoms with E-state index in [1.807, 2.05) is 17.5 Å². The molecule has 0 spiro atoms. The van der Waals surface area contributed by atoms with Gasteiger partial charge in [-0.15, -0.1) is 21.5 Å². The van der Waals surface area contributed by atoms with Crippen LogP contribution in [0.5, 0.6) is 0 Å². The van der Waals surface area contributed by atoms with Crippen LogP contribution >= 0.6 is 23.1 Å². The number of nitrogens with zero attached hydrogens (tertiary/aromatic N) is 3. The van der Waals surface area contributed by atoms with E-state index in [0.29, 0.717) is 6.04 Å². The third kappa shape index (κ3) is 3.91. The van der Waals surface area contributed by atoms with Crippen LogP contribution in [0.1, 0.15) is 18.9 Å². The van der Waals surface area contributed by atoms with E-state index < -0.39 is 5.97 Å². The second-order valence-corrected chi connectivity index (χ2v) is 6.92. The van der Waals surface area contributed by atoms with Crippen molar-refractivity contribution >= 4 is 35.0 Å². The van der Waals surface area contributed by atoms with Crippen LogP contribution in [0.15, 0.2) is 22.7 Å². The fraction of sp³-hybridized carbons (Fsp3) is 0.429. The number of nitrogens with one attached hydrogen (secondary N) is 1. The van der Waals surface area contributed by atoms with Gasteiger partial charge in [0.2, 0.25) is 5.91 Å². The van der Waals surface area contributed by atoms with Gasteiger partial charge in [0.1, 0.15) is 6.54 Å². The molecule has 1 N–H and O–H groups in total. The number of hydrogen-bond acceptors (Lipinski definition) is 7. The maximum Gasteiger partial charge on any atom is 0.325 e. The topological polar surface area (TPSA) is 86.1 Å². The standard InChI is InChI=1S/C14H16N4O3S2/c1-21-12(20)7-15-11(19)8-23-14-17-16-13(10-3-2-6-22-10)18(14)9-4-5-9/h2-3,6,9H,4-5,7-8H2,1H3,(H,15,19). The minimum atomic E-state index is -0.468. The Morgan fingerprint density at radius 1 is 1.48 bits per heavy atom. The molecule has 1 aliphatic carbocycles. The smallest absolute Gasteiger partial charge is 0.325 e. The lowest BCUT2D eigenvalue weighted by Crippen LogP contribution is -2.31. The molecule has 1 fully saturated rings. The first-order valence-electron chi connectivity index (χ1n) is 7.14. The summed E-state index contributed by atoms with van der Waals surface area (Å²) in [5.41, 5.74) is 0. The Bertz CT molecular complexity index is 695. The van der Waals surface area contributed by atoms with Gasteiger partial charge in [-0.2, -0.15) is 0 Å². The van der Waals surface area contributed by atoms with Crippen LogP contribution in [0.25, 0.3) is 10.7 Å². The van der Waals surface area contributed by atoms with Crippen molar-refractivity contribution in [2.75, 3.05) is 19.4 Å². The molecule has 0 atom stereocenters. The van der Waals surface area contributed by atoms with Gasteiger partial charge in [-0.1, -0.05) is 17.8 Å². The molecule has 2 aromatic heterocycles. The SMILES string of the molecule is COC(=O)CNC(=O)CSc1nnc(-c2cccs2)n1C1CC1. The number of esters is 1. The Labute approximate surface area is 141 Å². The number of rotatable bonds is 7. The molecule has 1 aliphatic rings. The monoisotopic (exact) mass is 352 g/mol. The van der Waals surface area contributed by atoms with Crippen molar-refractivity contribution in [1.29, 1.82) is 0 Å². The summed E-state index contributed by atoms with van der Waals surface area (Å²) in [6.07, 6.45) is 2.22. The zero-order chi connectivity index (χ0) is 16.2. The van der Waals surface area contributed by atoms with E-state index in [4.69, 9.17) is 0 Å². The van der Waals surface area contributed by atoms with Crippen molar-refractivity contribution in [2.24, 2.45) is 0 Å². The van der Waals surface area contributed by atoms with Crippen LogP contribution in [0, 0.1) is 0 Å². The molecule has 1 amide bonds. The lowest BCUT2D eigenvalue weighted by atomic mass is 10.4. The summed E-state index contributed by atoms with van der Waals surface area (Å²) in [6.45, 7) is -0.119. The minimum Gasteiger partial charge on any atom is -0.468 e. The third-order valence-corrected chi connectivity index (χ3v) is 5.12. The molecule has 1 saturated carbocycles. The van der Waals surface area contributed by atoms with Gasteiger partial charge in [0.25, 0.3) is 0 Å². The van der Waals surface area contributed by atoms with Gasteiger partial charge >= 0.3 is 5.97 Å². The van der Waals surface area contributed by atoms with Crippen LogP contribution in [-0.4, -0.2) is 46.0 Å². The van der Waals surface area contributed by atoms with Crippen molar-refractivity contribution in [3.63, 3.8) is 0 Å². The highest BCUT2D eigenvalue weighted by molar-refractivity contribution is 7.99. The molecule has 0 saturated heterocycles. The predicted molar refractivity (Wildman–Crippen MR) is 87.4 cm³/mol. The molecule has 0 aliphatic heterocycles. The summed E-state index contributed by atoms with van der Waals surface area (Å²) in [5.74, 6) is 0.347. The van der Waals surface area contributed by atoms with Gasteiger partial charge in [0.15, 0.2) is 11.0 Å². The van der Waals surface area contributed by atoms with Crippen molar-refractivity contribution in [3.8, 4) is 10.7 Å². The molecule has 7 nitrogen and oxygen atoms in total. The van der Waals surface area contributed by atoms with E-state index in [9.17, 15) is 9.59 Å². The molecular formula is C14H16N4O3S2. The number of hydrogen-bond donors (Lipinski definition) is 1. The lowest BCUT2D eigenvalue weighted by Gasteiger charge is -2.07. The molecule has 23 heavy (non-hydrogen) atoms. The molecule has 0 bridgehead atoms. The molecule has 0 radical (unpaired) electrons. The highest BCUT2D eigenvalue weighted by Gasteiger charge is 2.30. The van der Waals surface area contributed by atoms with Gasteiger partial charge in [-0.05, 0) is 24.3 Å². The lowest BCUT2D eigenvalue weighted by molar-refractivity contribution is -0.140. The third-order valence-electron chi connectivity index (χ3n) is 3.31. The van der Waals surface area contributed by atoms with E-state index in [2.05, 4.69) is 24.8 Å². The maximum absolute atomic E-state index is 11.8. The highest BCUT2D eigenvalue weighted by atomic mass is 32.2.